The van der Waals surface area contributed by atoms with Gasteiger partial charge in [0.15, 0.2) is 0 Å². The molecule has 0 aliphatic rings. The lowest BCUT2D eigenvalue weighted by Crippen LogP contribution is -2.08. The van der Waals surface area contributed by atoms with Crippen molar-refractivity contribution < 1.29 is 24.1 Å². The van der Waals surface area contributed by atoms with Crippen molar-refractivity contribution in [1.29, 1.82) is 0 Å². The molecule has 0 saturated heterocycles. The number of aliphatic carboxylic acids is 1. The minimum Gasteiger partial charge on any atom is -0.494 e. The van der Waals surface area contributed by atoms with Crippen molar-refractivity contribution >= 4 is 5.97 Å². The van der Waals surface area contributed by atoms with Gasteiger partial charge in [-0.2, -0.15) is 0 Å². The van der Waals surface area contributed by atoms with E-state index < -0.39 is 5.97 Å². The van der Waals surface area contributed by atoms with Crippen LogP contribution in [0.4, 0.5) is 0 Å². The molecule has 106 valence electrons. The van der Waals surface area contributed by atoms with Crippen molar-refractivity contribution in [3.63, 3.8) is 0 Å². The lowest BCUT2D eigenvalue weighted by molar-refractivity contribution is -0.136. The third kappa shape index (κ3) is 4.35. The van der Waals surface area contributed by atoms with Gasteiger partial charge in [-0.1, -0.05) is 0 Å². The smallest absolute Gasteiger partial charge is 0.308 e. The Morgan fingerprint density at radius 1 is 1.00 bits per heavy atom. The predicted molar refractivity (Wildman–Crippen MR) is 71.3 cm³/mol. The van der Waals surface area contributed by atoms with Gasteiger partial charge in [-0.15, -0.1) is 0 Å². The minimum absolute atomic E-state index is 0.142. The predicted octanol–water partition coefficient (Wildman–Crippen LogP) is 2.51. The van der Waals surface area contributed by atoms with Gasteiger partial charge in [0.2, 0.25) is 0 Å². The highest BCUT2D eigenvalue weighted by atomic mass is 16.5. The molecule has 1 aromatic carbocycles. The van der Waals surface area contributed by atoms with Gasteiger partial charge in [0.05, 0.1) is 26.2 Å². The van der Waals surface area contributed by atoms with Crippen LogP contribution in [0.25, 0.3) is 0 Å². The molecular formula is C14H20O5. The van der Waals surface area contributed by atoms with Crippen LogP contribution in [-0.2, 0) is 11.2 Å². The summed E-state index contributed by atoms with van der Waals surface area (Å²) >= 11 is 0. The highest BCUT2D eigenvalue weighted by Crippen LogP contribution is 2.35. The zero-order valence-electron chi connectivity index (χ0n) is 11.6. The van der Waals surface area contributed by atoms with Crippen LogP contribution in [0.2, 0.25) is 0 Å². The monoisotopic (exact) mass is 268 g/mol. The summed E-state index contributed by atoms with van der Waals surface area (Å²) < 4.78 is 16.4. The molecule has 1 N–H and O–H groups in total. The number of carbonyl (C=O) groups is 1. The molecule has 19 heavy (non-hydrogen) atoms. The van der Waals surface area contributed by atoms with Crippen molar-refractivity contribution in [2.75, 3.05) is 19.8 Å². The van der Waals surface area contributed by atoms with E-state index in [2.05, 4.69) is 0 Å². The lowest BCUT2D eigenvalue weighted by Gasteiger charge is -2.16. The quantitative estimate of drug-likeness (QED) is 0.784. The summed E-state index contributed by atoms with van der Waals surface area (Å²) in [6, 6.07) is 3.40. The van der Waals surface area contributed by atoms with Crippen molar-refractivity contribution in [1.82, 2.24) is 0 Å². The first-order valence-corrected chi connectivity index (χ1v) is 6.39. The molecule has 0 atom stereocenters. The normalized spacial score (nSPS) is 10.1. The molecule has 5 nitrogen and oxygen atoms in total. The van der Waals surface area contributed by atoms with Crippen LogP contribution < -0.4 is 14.2 Å². The molecule has 1 aromatic rings. The van der Waals surface area contributed by atoms with E-state index in [0.717, 1.165) is 0 Å². The van der Waals surface area contributed by atoms with E-state index in [1.165, 1.54) is 0 Å². The van der Waals surface area contributed by atoms with Gasteiger partial charge in [0, 0.05) is 17.7 Å². The molecule has 0 fully saturated rings. The molecule has 0 radical (unpaired) electrons. The zero-order chi connectivity index (χ0) is 14.3. The van der Waals surface area contributed by atoms with E-state index in [-0.39, 0.29) is 6.42 Å². The van der Waals surface area contributed by atoms with Crippen LogP contribution >= 0.6 is 0 Å². The fraction of sp³-hybridized carbons (Fsp3) is 0.500. The number of carboxylic acid groups (broad SMARTS) is 1. The molecular weight excluding hydrogens is 248 g/mol. The summed E-state index contributed by atoms with van der Waals surface area (Å²) in [4.78, 5) is 10.9. The molecule has 0 bridgehead atoms. The van der Waals surface area contributed by atoms with E-state index in [4.69, 9.17) is 19.3 Å². The van der Waals surface area contributed by atoms with E-state index in [1.54, 1.807) is 12.1 Å². The average Bonchev–Trinajstić information content (AvgIpc) is 2.34. The molecule has 0 unspecified atom stereocenters. The first-order valence-electron chi connectivity index (χ1n) is 6.39. The molecule has 0 aliphatic carbocycles. The second kappa shape index (κ2) is 7.51. The first kappa shape index (κ1) is 15.1. The molecule has 0 amide bonds. The van der Waals surface area contributed by atoms with Gasteiger partial charge in [-0.3, -0.25) is 4.79 Å². The molecule has 5 heteroatoms. The molecule has 0 aromatic heterocycles. The lowest BCUT2D eigenvalue weighted by atomic mass is 10.1. The number of carboxylic acids is 1. The maximum absolute atomic E-state index is 10.9. The Morgan fingerprint density at radius 3 is 1.84 bits per heavy atom. The third-order valence-electron chi connectivity index (χ3n) is 2.38. The maximum atomic E-state index is 10.9. The second-order valence-corrected chi connectivity index (χ2v) is 3.77. The summed E-state index contributed by atoms with van der Waals surface area (Å²) in [6.07, 6.45) is -0.142. The average molecular weight is 268 g/mol. The number of rotatable bonds is 8. The van der Waals surface area contributed by atoms with Crippen molar-refractivity contribution in [2.45, 2.75) is 27.2 Å². The molecule has 0 aliphatic heterocycles. The topological polar surface area (TPSA) is 65.0 Å². The molecule has 0 saturated carbocycles. The Balaban J connectivity index is 3.23. The van der Waals surface area contributed by atoms with Crippen molar-refractivity contribution in [2.24, 2.45) is 0 Å². The number of benzene rings is 1. The van der Waals surface area contributed by atoms with E-state index in [1.807, 2.05) is 20.8 Å². The highest BCUT2D eigenvalue weighted by molar-refractivity contribution is 5.73. The first-order chi connectivity index (χ1) is 9.12. The Bertz CT molecular complexity index is 401. The van der Waals surface area contributed by atoms with Crippen LogP contribution in [0.1, 0.15) is 26.3 Å². The summed E-state index contributed by atoms with van der Waals surface area (Å²) in [5.74, 6) is 0.688. The van der Waals surface area contributed by atoms with Gasteiger partial charge >= 0.3 is 5.97 Å². The van der Waals surface area contributed by atoms with E-state index in [9.17, 15) is 4.79 Å². The van der Waals surface area contributed by atoms with E-state index in [0.29, 0.717) is 42.6 Å². The number of hydrogen-bond acceptors (Lipinski definition) is 4. The summed E-state index contributed by atoms with van der Waals surface area (Å²) in [5.41, 5.74) is 0.541. The minimum atomic E-state index is -0.925. The Morgan fingerprint density at radius 2 is 1.47 bits per heavy atom. The Kier molecular flexibility index (Phi) is 5.99. The number of hydrogen-bond donors (Lipinski definition) is 1. The second-order valence-electron chi connectivity index (χ2n) is 3.77. The largest absolute Gasteiger partial charge is 0.494 e. The van der Waals surface area contributed by atoms with Crippen LogP contribution in [0.3, 0.4) is 0 Å². The summed E-state index contributed by atoms with van der Waals surface area (Å²) in [7, 11) is 0. The third-order valence-corrected chi connectivity index (χ3v) is 2.38. The van der Waals surface area contributed by atoms with Gasteiger partial charge in [0.25, 0.3) is 0 Å². The fourth-order valence-electron chi connectivity index (χ4n) is 1.74. The molecule has 0 heterocycles. The van der Waals surface area contributed by atoms with Crippen molar-refractivity contribution in [3.05, 3.63) is 17.7 Å². The van der Waals surface area contributed by atoms with Gasteiger partial charge in [-0.25, -0.2) is 0 Å². The number of ether oxygens (including phenoxy) is 3. The van der Waals surface area contributed by atoms with Gasteiger partial charge in [0.1, 0.15) is 17.2 Å². The van der Waals surface area contributed by atoms with Crippen LogP contribution in [-0.4, -0.2) is 30.9 Å². The fourth-order valence-corrected chi connectivity index (χ4v) is 1.74. The zero-order valence-corrected chi connectivity index (χ0v) is 11.6. The highest BCUT2D eigenvalue weighted by Gasteiger charge is 2.17. The molecule has 0 spiro atoms. The van der Waals surface area contributed by atoms with Crippen LogP contribution in [0, 0.1) is 0 Å². The van der Waals surface area contributed by atoms with E-state index >= 15 is 0 Å². The summed E-state index contributed by atoms with van der Waals surface area (Å²) in [5, 5.41) is 8.98. The standard InChI is InChI=1S/C14H20O5/c1-4-17-10-7-12(18-5-2)11(9-14(15)16)13(8-10)19-6-3/h7-8H,4-6,9H2,1-3H3,(H,15,16). The van der Waals surface area contributed by atoms with Crippen LogP contribution in [0.5, 0.6) is 17.2 Å². The van der Waals surface area contributed by atoms with Crippen molar-refractivity contribution in [3.8, 4) is 17.2 Å². The summed E-state index contributed by atoms with van der Waals surface area (Å²) in [6.45, 7) is 7.00. The Labute approximate surface area is 113 Å². The Hall–Kier alpha value is -1.91. The van der Waals surface area contributed by atoms with Crippen LogP contribution in [0.15, 0.2) is 12.1 Å². The van der Waals surface area contributed by atoms with Gasteiger partial charge in [-0.05, 0) is 20.8 Å². The maximum Gasteiger partial charge on any atom is 0.308 e. The SMILES string of the molecule is CCOc1cc(OCC)c(CC(=O)O)c(OCC)c1. The van der Waals surface area contributed by atoms with Gasteiger partial charge < -0.3 is 19.3 Å². The molecule has 1 rings (SSSR count).